The highest BCUT2D eigenvalue weighted by molar-refractivity contribution is 7.99. The van der Waals surface area contributed by atoms with Crippen molar-refractivity contribution in [1.29, 1.82) is 5.26 Å². The summed E-state index contributed by atoms with van der Waals surface area (Å²) >= 11 is 1.27. The van der Waals surface area contributed by atoms with E-state index in [1.807, 2.05) is 66.9 Å². The van der Waals surface area contributed by atoms with Crippen molar-refractivity contribution in [2.75, 3.05) is 12.5 Å². The highest BCUT2D eigenvalue weighted by atomic mass is 32.2. The molecule has 4 rings (SSSR count). The molecule has 2 aromatic carbocycles. The summed E-state index contributed by atoms with van der Waals surface area (Å²) in [4.78, 5) is 12.6. The zero-order valence-electron chi connectivity index (χ0n) is 18.0. The number of fused-ring (bicyclic) bond motifs is 1. The Morgan fingerprint density at radius 2 is 1.97 bits per heavy atom. The molecule has 0 unspecified atom stereocenters. The number of rotatable bonds is 7. The highest BCUT2D eigenvalue weighted by Crippen LogP contribution is 2.37. The van der Waals surface area contributed by atoms with Crippen LogP contribution in [0.5, 0.6) is 11.5 Å². The van der Waals surface area contributed by atoms with Crippen LogP contribution < -0.4 is 14.8 Å². The minimum atomic E-state index is -0.928. The summed E-state index contributed by atoms with van der Waals surface area (Å²) in [5.74, 6) is 1.82. The van der Waals surface area contributed by atoms with Crippen LogP contribution in [0.3, 0.4) is 0 Å². The van der Waals surface area contributed by atoms with Crippen molar-refractivity contribution in [3.63, 3.8) is 0 Å². The molecule has 3 aromatic rings. The number of nitriles is 1. The van der Waals surface area contributed by atoms with Gasteiger partial charge in [-0.15, -0.1) is 10.2 Å². The number of ether oxygens (including phenoxy) is 2. The van der Waals surface area contributed by atoms with Gasteiger partial charge in [0, 0.05) is 11.3 Å². The average molecular weight is 450 g/mol. The highest BCUT2D eigenvalue weighted by Gasteiger charge is 2.30. The van der Waals surface area contributed by atoms with Gasteiger partial charge < -0.3 is 14.8 Å². The van der Waals surface area contributed by atoms with E-state index in [0.29, 0.717) is 22.5 Å². The molecule has 1 aromatic heterocycles. The van der Waals surface area contributed by atoms with Gasteiger partial charge in [0.15, 0.2) is 22.5 Å². The quantitative estimate of drug-likeness (QED) is 0.547. The van der Waals surface area contributed by atoms with Gasteiger partial charge in [0.25, 0.3) is 0 Å². The van der Waals surface area contributed by atoms with Crippen LogP contribution >= 0.6 is 11.8 Å². The van der Waals surface area contributed by atoms with Crippen molar-refractivity contribution in [3.05, 3.63) is 48.5 Å². The van der Waals surface area contributed by atoms with Crippen molar-refractivity contribution >= 4 is 17.7 Å². The monoisotopic (exact) mass is 449 g/mol. The summed E-state index contributed by atoms with van der Waals surface area (Å²) in [5, 5.41) is 21.6. The van der Waals surface area contributed by atoms with E-state index in [0.717, 1.165) is 11.3 Å². The van der Waals surface area contributed by atoms with Gasteiger partial charge in [0.05, 0.1) is 11.8 Å². The summed E-state index contributed by atoms with van der Waals surface area (Å²) in [5.41, 5.74) is 0.762. The van der Waals surface area contributed by atoms with E-state index >= 15 is 0 Å². The van der Waals surface area contributed by atoms with Gasteiger partial charge in [-0.1, -0.05) is 43.8 Å². The number of carbonyl (C=O) groups is 1. The fraction of sp³-hybridized carbons (Fsp3) is 0.304. The lowest BCUT2D eigenvalue weighted by molar-refractivity contribution is -0.120. The van der Waals surface area contributed by atoms with E-state index in [9.17, 15) is 10.1 Å². The lowest BCUT2D eigenvalue weighted by Gasteiger charge is -2.27. The predicted octanol–water partition coefficient (Wildman–Crippen LogP) is 3.81. The zero-order chi connectivity index (χ0) is 22.7. The normalized spacial score (nSPS) is 14.1. The van der Waals surface area contributed by atoms with Crippen LogP contribution in [0.1, 0.15) is 20.8 Å². The number of thioether (sulfide) groups is 1. The summed E-state index contributed by atoms with van der Waals surface area (Å²) < 4.78 is 12.8. The molecule has 1 N–H and O–H groups in total. The molecule has 9 heteroatoms. The molecule has 0 bridgehead atoms. The predicted molar refractivity (Wildman–Crippen MR) is 121 cm³/mol. The van der Waals surface area contributed by atoms with E-state index < -0.39 is 5.54 Å². The van der Waals surface area contributed by atoms with Crippen molar-refractivity contribution in [2.24, 2.45) is 5.92 Å². The number of hydrogen-bond donors (Lipinski definition) is 1. The molecule has 1 amide bonds. The van der Waals surface area contributed by atoms with Crippen LogP contribution in [0.4, 0.5) is 0 Å². The maximum Gasteiger partial charge on any atom is 0.231 e. The SMILES string of the molecule is CC(C)[C@@](C)(C#N)NC(=O)CSc1nnc(-c2ccc3c(c2)OCO3)n1-c1ccccc1. The third-order valence-corrected chi connectivity index (χ3v) is 6.33. The van der Waals surface area contributed by atoms with Crippen LogP contribution in [0, 0.1) is 17.2 Å². The van der Waals surface area contributed by atoms with Crippen molar-refractivity contribution in [1.82, 2.24) is 20.1 Å². The molecule has 2 heterocycles. The molecule has 1 aliphatic heterocycles. The molecule has 1 aliphatic rings. The number of nitrogens with one attached hydrogen (secondary N) is 1. The third-order valence-electron chi connectivity index (χ3n) is 5.40. The van der Waals surface area contributed by atoms with E-state index in [1.54, 1.807) is 6.92 Å². The molecular weight excluding hydrogens is 426 g/mol. The second kappa shape index (κ2) is 8.93. The van der Waals surface area contributed by atoms with Crippen LogP contribution in [0.25, 0.3) is 17.1 Å². The van der Waals surface area contributed by atoms with Crippen molar-refractivity contribution in [3.8, 4) is 34.6 Å². The summed E-state index contributed by atoms with van der Waals surface area (Å²) in [6.07, 6.45) is 0. The van der Waals surface area contributed by atoms with Crippen LogP contribution in [0.2, 0.25) is 0 Å². The van der Waals surface area contributed by atoms with E-state index in [1.165, 1.54) is 11.8 Å². The molecule has 0 saturated carbocycles. The maximum absolute atomic E-state index is 12.6. The molecule has 0 aliphatic carbocycles. The molecule has 164 valence electrons. The Balaban J connectivity index is 1.62. The number of carbonyl (C=O) groups excluding carboxylic acids is 1. The molecule has 0 spiro atoms. The Hall–Kier alpha value is -3.51. The summed E-state index contributed by atoms with van der Waals surface area (Å²) in [7, 11) is 0. The second-order valence-corrected chi connectivity index (χ2v) is 8.79. The molecule has 0 fully saturated rings. The lowest BCUT2D eigenvalue weighted by Crippen LogP contribution is -2.49. The molecule has 0 saturated heterocycles. The fourth-order valence-electron chi connectivity index (χ4n) is 3.15. The Morgan fingerprint density at radius 3 is 2.69 bits per heavy atom. The standard InChI is InChI=1S/C23H23N5O3S/c1-15(2)23(3,13-24)25-20(29)12-32-22-27-26-21(28(22)17-7-5-4-6-8-17)16-9-10-18-19(11-16)31-14-30-18/h4-11,15H,12,14H2,1-3H3,(H,25,29)/t23-/m1/s1. The van der Waals surface area contributed by atoms with Gasteiger partial charge in [-0.2, -0.15) is 5.26 Å². The van der Waals surface area contributed by atoms with Gasteiger partial charge in [-0.3, -0.25) is 9.36 Å². The third kappa shape index (κ3) is 4.27. The number of nitrogens with zero attached hydrogens (tertiary/aromatic N) is 4. The molecule has 0 radical (unpaired) electrons. The summed E-state index contributed by atoms with van der Waals surface area (Å²) in [6, 6.07) is 17.5. The Bertz CT molecular complexity index is 1170. The maximum atomic E-state index is 12.6. The van der Waals surface area contributed by atoms with Crippen molar-refractivity contribution < 1.29 is 14.3 Å². The number of aromatic nitrogens is 3. The first kappa shape index (κ1) is 21.7. The Kier molecular flexibility index (Phi) is 6.06. The van der Waals surface area contributed by atoms with E-state index in [4.69, 9.17) is 9.47 Å². The average Bonchev–Trinajstić information content (AvgIpc) is 3.44. The molecule has 32 heavy (non-hydrogen) atoms. The van der Waals surface area contributed by atoms with Crippen LogP contribution in [-0.4, -0.2) is 38.8 Å². The van der Waals surface area contributed by atoms with Gasteiger partial charge in [-0.25, -0.2) is 0 Å². The van der Waals surface area contributed by atoms with Gasteiger partial charge in [0.2, 0.25) is 12.7 Å². The van der Waals surface area contributed by atoms with Gasteiger partial charge in [0.1, 0.15) is 5.54 Å². The van der Waals surface area contributed by atoms with Crippen LogP contribution in [-0.2, 0) is 4.79 Å². The minimum Gasteiger partial charge on any atom is -0.454 e. The Labute approximate surface area is 190 Å². The first-order chi connectivity index (χ1) is 15.4. The van der Waals surface area contributed by atoms with Crippen molar-refractivity contribution in [2.45, 2.75) is 31.5 Å². The van der Waals surface area contributed by atoms with E-state index in [-0.39, 0.29) is 24.4 Å². The van der Waals surface area contributed by atoms with E-state index in [2.05, 4.69) is 21.6 Å². The van der Waals surface area contributed by atoms with Gasteiger partial charge >= 0.3 is 0 Å². The number of para-hydroxylation sites is 1. The van der Waals surface area contributed by atoms with Crippen LogP contribution in [0.15, 0.2) is 53.7 Å². The summed E-state index contributed by atoms with van der Waals surface area (Å²) in [6.45, 7) is 5.73. The fourth-order valence-corrected chi connectivity index (χ4v) is 3.90. The first-order valence-corrected chi connectivity index (χ1v) is 11.2. The lowest BCUT2D eigenvalue weighted by atomic mass is 9.90. The largest absolute Gasteiger partial charge is 0.454 e. The molecule has 8 nitrogen and oxygen atoms in total. The molecular formula is C23H23N5O3S. The molecule has 1 atom stereocenters. The zero-order valence-corrected chi connectivity index (χ0v) is 18.8. The smallest absolute Gasteiger partial charge is 0.231 e. The number of amides is 1. The van der Waals surface area contributed by atoms with Gasteiger partial charge in [-0.05, 0) is 43.2 Å². The Morgan fingerprint density at radius 1 is 1.22 bits per heavy atom. The first-order valence-electron chi connectivity index (χ1n) is 10.2. The number of benzene rings is 2. The topological polar surface area (TPSA) is 102 Å². The number of hydrogen-bond acceptors (Lipinski definition) is 7. The second-order valence-electron chi connectivity index (χ2n) is 7.85. The minimum absolute atomic E-state index is 0.0213.